The molecule has 2 heterocycles. The van der Waals surface area contributed by atoms with Gasteiger partial charge in [0.25, 0.3) is 0 Å². The molecular weight excluding hydrogens is 362 g/mol. The quantitative estimate of drug-likeness (QED) is 0.742. The Morgan fingerprint density at radius 1 is 1.14 bits per heavy atom. The first-order chi connectivity index (χ1) is 14.2. The van der Waals surface area contributed by atoms with Crippen molar-refractivity contribution in [2.75, 3.05) is 19.6 Å². The molecule has 0 bridgehead atoms. The van der Waals surface area contributed by atoms with E-state index in [1.807, 2.05) is 49.4 Å². The lowest BCUT2D eigenvalue weighted by Gasteiger charge is -2.31. The van der Waals surface area contributed by atoms with Crippen LogP contribution in [0, 0.1) is 5.92 Å². The molecule has 4 rings (SSSR count). The van der Waals surface area contributed by atoms with E-state index in [2.05, 4.69) is 15.2 Å². The number of ether oxygens (including phenoxy) is 1. The minimum absolute atomic E-state index is 0.0227. The van der Waals surface area contributed by atoms with Crippen LogP contribution in [0.3, 0.4) is 0 Å². The zero-order valence-electron chi connectivity index (χ0n) is 17.2. The minimum atomic E-state index is -0.169. The Hall–Kier alpha value is -2.40. The molecule has 2 aromatic rings. The molecule has 2 fully saturated rings. The standard InChI is InChI=1S/C24H31N3O2/c1-18(21-5-3-2-4-6-21)24(28)26-16-20-9-10-23(25-15-20)29-22-11-13-27(14-12-22)17-19-7-8-19/h2-6,9-10,15,18-19,22H,7-8,11-14,16-17H2,1H3,(H,26,28)/t18-/m0/s1. The number of hydrogen-bond donors (Lipinski definition) is 1. The Morgan fingerprint density at radius 3 is 2.55 bits per heavy atom. The summed E-state index contributed by atoms with van der Waals surface area (Å²) < 4.78 is 6.08. The number of likely N-dealkylation sites (tertiary alicyclic amines) is 1. The van der Waals surface area contributed by atoms with Crippen LogP contribution in [0.15, 0.2) is 48.7 Å². The van der Waals surface area contributed by atoms with E-state index in [9.17, 15) is 4.79 Å². The Morgan fingerprint density at radius 2 is 1.90 bits per heavy atom. The summed E-state index contributed by atoms with van der Waals surface area (Å²) in [6.07, 6.45) is 7.03. The topological polar surface area (TPSA) is 54.5 Å². The highest BCUT2D eigenvalue weighted by atomic mass is 16.5. The van der Waals surface area contributed by atoms with Crippen LogP contribution in [0.1, 0.15) is 49.7 Å². The number of rotatable bonds is 8. The molecule has 154 valence electrons. The number of pyridine rings is 1. The summed E-state index contributed by atoms with van der Waals surface area (Å²) in [7, 11) is 0. The largest absolute Gasteiger partial charge is 0.474 e. The molecule has 2 aliphatic rings. The van der Waals surface area contributed by atoms with Gasteiger partial charge < -0.3 is 15.0 Å². The van der Waals surface area contributed by atoms with Gasteiger partial charge in [-0.1, -0.05) is 36.4 Å². The minimum Gasteiger partial charge on any atom is -0.474 e. The fraction of sp³-hybridized carbons (Fsp3) is 0.500. The van der Waals surface area contributed by atoms with E-state index >= 15 is 0 Å². The van der Waals surface area contributed by atoms with Crippen LogP contribution in [0.4, 0.5) is 0 Å². The SMILES string of the molecule is C[C@H](C(=O)NCc1ccc(OC2CCN(CC3CC3)CC2)nc1)c1ccccc1. The molecule has 1 amide bonds. The predicted molar refractivity (Wildman–Crippen MR) is 114 cm³/mol. The smallest absolute Gasteiger partial charge is 0.227 e. The second-order valence-electron chi connectivity index (χ2n) is 8.42. The number of amides is 1. The summed E-state index contributed by atoms with van der Waals surface area (Å²) in [5.74, 6) is 1.49. The normalized spacial score (nSPS) is 18.9. The second-order valence-corrected chi connectivity index (χ2v) is 8.42. The Bertz CT molecular complexity index is 782. The van der Waals surface area contributed by atoms with E-state index in [1.54, 1.807) is 6.20 Å². The lowest BCUT2D eigenvalue weighted by Crippen LogP contribution is -2.39. The number of benzene rings is 1. The van der Waals surface area contributed by atoms with Gasteiger partial charge in [0, 0.05) is 38.4 Å². The average molecular weight is 394 g/mol. The van der Waals surface area contributed by atoms with Crippen LogP contribution in [-0.4, -0.2) is 41.5 Å². The highest BCUT2D eigenvalue weighted by molar-refractivity contribution is 5.83. The molecule has 0 unspecified atom stereocenters. The van der Waals surface area contributed by atoms with Crippen LogP contribution in [-0.2, 0) is 11.3 Å². The molecule has 1 N–H and O–H groups in total. The lowest BCUT2D eigenvalue weighted by molar-refractivity contribution is -0.122. The summed E-state index contributed by atoms with van der Waals surface area (Å²) in [5.41, 5.74) is 2.00. The number of carbonyl (C=O) groups is 1. The Balaban J connectivity index is 1.20. The monoisotopic (exact) mass is 393 g/mol. The van der Waals surface area contributed by atoms with Crippen molar-refractivity contribution < 1.29 is 9.53 Å². The predicted octanol–water partition coefficient (Wildman–Crippen LogP) is 3.75. The van der Waals surface area contributed by atoms with Gasteiger partial charge in [-0.05, 0) is 49.7 Å². The van der Waals surface area contributed by atoms with Gasteiger partial charge in [0.05, 0.1) is 5.92 Å². The second kappa shape index (κ2) is 9.40. The van der Waals surface area contributed by atoms with Crippen molar-refractivity contribution in [2.24, 2.45) is 5.92 Å². The lowest BCUT2D eigenvalue weighted by atomic mass is 10.0. The van der Waals surface area contributed by atoms with Crippen LogP contribution in [0.25, 0.3) is 0 Å². The van der Waals surface area contributed by atoms with Crippen molar-refractivity contribution in [1.29, 1.82) is 0 Å². The fourth-order valence-corrected chi connectivity index (χ4v) is 3.87. The molecule has 5 nitrogen and oxygen atoms in total. The average Bonchev–Trinajstić information content (AvgIpc) is 3.58. The maximum Gasteiger partial charge on any atom is 0.227 e. The van der Waals surface area contributed by atoms with Gasteiger partial charge in [0.2, 0.25) is 11.8 Å². The number of aromatic nitrogens is 1. The summed E-state index contributed by atoms with van der Waals surface area (Å²) >= 11 is 0. The Labute approximate surface area is 173 Å². The van der Waals surface area contributed by atoms with Crippen LogP contribution in [0.2, 0.25) is 0 Å². The maximum absolute atomic E-state index is 12.4. The molecule has 1 aliphatic heterocycles. The molecule has 1 aromatic heterocycles. The number of hydrogen-bond acceptors (Lipinski definition) is 4. The van der Waals surface area contributed by atoms with Gasteiger partial charge in [0.1, 0.15) is 6.10 Å². The first-order valence-corrected chi connectivity index (χ1v) is 10.8. The number of carbonyl (C=O) groups excluding carboxylic acids is 1. The van der Waals surface area contributed by atoms with Gasteiger partial charge >= 0.3 is 0 Å². The third-order valence-electron chi connectivity index (χ3n) is 5.99. The van der Waals surface area contributed by atoms with Gasteiger partial charge in [0.15, 0.2) is 0 Å². The zero-order valence-corrected chi connectivity index (χ0v) is 17.2. The molecule has 1 saturated carbocycles. The van der Waals surface area contributed by atoms with E-state index < -0.39 is 0 Å². The number of nitrogens with one attached hydrogen (secondary N) is 1. The van der Waals surface area contributed by atoms with E-state index in [4.69, 9.17) is 4.74 Å². The van der Waals surface area contributed by atoms with E-state index in [0.717, 1.165) is 43.0 Å². The highest BCUT2D eigenvalue weighted by Crippen LogP contribution is 2.30. The molecule has 0 radical (unpaired) electrons. The van der Waals surface area contributed by atoms with Crippen molar-refractivity contribution in [3.05, 3.63) is 59.8 Å². The number of piperidine rings is 1. The molecule has 5 heteroatoms. The van der Waals surface area contributed by atoms with Crippen molar-refractivity contribution in [2.45, 2.75) is 51.2 Å². The molecule has 29 heavy (non-hydrogen) atoms. The van der Waals surface area contributed by atoms with E-state index in [1.165, 1.54) is 19.4 Å². The van der Waals surface area contributed by atoms with Crippen molar-refractivity contribution in [1.82, 2.24) is 15.2 Å². The maximum atomic E-state index is 12.4. The Kier molecular flexibility index (Phi) is 6.45. The molecule has 0 spiro atoms. The summed E-state index contributed by atoms with van der Waals surface area (Å²) in [6, 6.07) is 13.7. The molecule has 1 saturated heterocycles. The van der Waals surface area contributed by atoms with E-state index in [-0.39, 0.29) is 17.9 Å². The third-order valence-corrected chi connectivity index (χ3v) is 5.99. The summed E-state index contributed by atoms with van der Waals surface area (Å²) in [5, 5.41) is 3.00. The molecule has 1 atom stereocenters. The molecule has 1 aliphatic carbocycles. The van der Waals surface area contributed by atoms with Gasteiger partial charge in [-0.25, -0.2) is 4.98 Å². The molecular formula is C24H31N3O2. The summed E-state index contributed by atoms with van der Waals surface area (Å²) in [6.45, 7) is 5.93. The van der Waals surface area contributed by atoms with Gasteiger partial charge in [-0.2, -0.15) is 0 Å². The third kappa shape index (κ3) is 5.80. The van der Waals surface area contributed by atoms with Crippen molar-refractivity contribution >= 4 is 5.91 Å². The van der Waals surface area contributed by atoms with Crippen molar-refractivity contribution in [3.63, 3.8) is 0 Å². The van der Waals surface area contributed by atoms with Crippen LogP contribution >= 0.6 is 0 Å². The number of nitrogens with zero attached hydrogens (tertiary/aromatic N) is 2. The summed E-state index contributed by atoms with van der Waals surface area (Å²) in [4.78, 5) is 19.4. The first kappa shape index (κ1) is 19.9. The van der Waals surface area contributed by atoms with Crippen molar-refractivity contribution in [3.8, 4) is 5.88 Å². The highest BCUT2D eigenvalue weighted by Gasteiger charge is 2.27. The van der Waals surface area contributed by atoms with Crippen LogP contribution in [0.5, 0.6) is 5.88 Å². The zero-order chi connectivity index (χ0) is 20.1. The van der Waals surface area contributed by atoms with E-state index in [0.29, 0.717) is 12.4 Å². The van der Waals surface area contributed by atoms with Crippen LogP contribution < -0.4 is 10.1 Å². The molecule has 1 aromatic carbocycles. The van der Waals surface area contributed by atoms with Gasteiger partial charge in [-0.3, -0.25) is 4.79 Å². The first-order valence-electron chi connectivity index (χ1n) is 10.8. The fourth-order valence-electron chi connectivity index (χ4n) is 3.87. The van der Waals surface area contributed by atoms with Gasteiger partial charge in [-0.15, -0.1) is 0 Å².